The van der Waals surface area contributed by atoms with Crippen molar-refractivity contribution in [2.24, 2.45) is 0 Å². The van der Waals surface area contributed by atoms with Gasteiger partial charge in [0.1, 0.15) is 12.1 Å². The van der Waals surface area contributed by atoms with E-state index in [4.69, 9.17) is 4.74 Å². The standard InChI is InChI=1S/C34H47BN4O6/c1-24-15-17-25(18-16-24)20-36-29-13-7-5-3-2-4-6-8-14-31(35(43)44)37-32(40)30-19-28(23-39(30)33(29)41)45-34(42)38-21-26-11-9-10-12-27(26)22-38/h9-12,15-18,28-31,36,43-44H,2-8,13-14,19-23H2,1H3,(H,37,40)/t28-,29?,30+,31-/m1/s1. The first-order valence-electron chi connectivity index (χ1n) is 16.6. The van der Waals surface area contributed by atoms with Gasteiger partial charge >= 0.3 is 13.2 Å². The first kappa shape index (κ1) is 33.0. The molecule has 0 bridgehead atoms. The molecule has 1 unspecified atom stereocenters. The largest absolute Gasteiger partial charge is 0.475 e. The highest BCUT2D eigenvalue weighted by atomic mass is 16.6. The fourth-order valence-electron chi connectivity index (χ4n) is 6.69. The van der Waals surface area contributed by atoms with E-state index in [0.717, 1.165) is 67.2 Å². The number of rotatable bonds is 5. The molecule has 11 heteroatoms. The van der Waals surface area contributed by atoms with E-state index in [1.54, 1.807) is 4.90 Å². The second-order valence-corrected chi connectivity index (χ2v) is 12.9. The van der Waals surface area contributed by atoms with Crippen LogP contribution in [0.5, 0.6) is 0 Å². The van der Waals surface area contributed by atoms with E-state index < -0.39 is 43.2 Å². The number of hydrogen-bond acceptors (Lipinski definition) is 7. The Kier molecular flexibility index (Phi) is 11.5. The molecule has 2 aromatic carbocycles. The van der Waals surface area contributed by atoms with Crippen molar-refractivity contribution in [3.05, 3.63) is 70.8 Å². The van der Waals surface area contributed by atoms with Crippen molar-refractivity contribution in [3.8, 4) is 0 Å². The van der Waals surface area contributed by atoms with Crippen molar-refractivity contribution in [2.45, 2.75) is 115 Å². The Bertz CT molecular complexity index is 1280. The predicted molar refractivity (Wildman–Crippen MR) is 172 cm³/mol. The van der Waals surface area contributed by atoms with Gasteiger partial charge in [0.2, 0.25) is 11.8 Å². The van der Waals surface area contributed by atoms with E-state index in [0.29, 0.717) is 32.5 Å². The van der Waals surface area contributed by atoms with Crippen molar-refractivity contribution in [3.63, 3.8) is 0 Å². The molecule has 3 aliphatic heterocycles. The van der Waals surface area contributed by atoms with E-state index in [2.05, 4.69) is 10.6 Å². The molecule has 4 N–H and O–H groups in total. The van der Waals surface area contributed by atoms with Gasteiger partial charge in [-0.25, -0.2) is 4.79 Å². The topological polar surface area (TPSA) is 131 Å². The Morgan fingerprint density at radius 2 is 1.56 bits per heavy atom. The maximum Gasteiger partial charge on any atom is 0.475 e. The second-order valence-electron chi connectivity index (χ2n) is 12.9. The number of aryl methyl sites for hydroxylation is 1. The van der Waals surface area contributed by atoms with Crippen LogP contribution >= 0.6 is 0 Å². The Morgan fingerprint density at radius 1 is 0.933 bits per heavy atom. The smallest absolute Gasteiger partial charge is 0.444 e. The molecule has 3 aliphatic rings. The molecule has 2 fully saturated rings. The number of nitrogens with zero attached hydrogens (tertiary/aromatic N) is 2. The van der Waals surface area contributed by atoms with Gasteiger partial charge in [-0.2, -0.15) is 0 Å². The lowest BCUT2D eigenvalue weighted by molar-refractivity contribution is -0.140. The zero-order valence-electron chi connectivity index (χ0n) is 26.3. The van der Waals surface area contributed by atoms with Crippen LogP contribution < -0.4 is 10.6 Å². The van der Waals surface area contributed by atoms with Crippen LogP contribution in [0.3, 0.4) is 0 Å². The number of benzene rings is 2. The molecule has 2 aromatic rings. The number of carbonyl (C=O) groups is 3. The maximum atomic E-state index is 14.2. The van der Waals surface area contributed by atoms with Gasteiger partial charge in [-0.15, -0.1) is 0 Å². The van der Waals surface area contributed by atoms with Crippen molar-refractivity contribution >= 4 is 25.0 Å². The Hall–Kier alpha value is -3.41. The van der Waals surface area contributed by atoms with E-state index >= 15 is 0 Å². The summed E-state index contributed by atoms with van der Waals surface area (Å²) in [5.41, 5.74) is 4.38. The van der Waals surface area contributed by atoms with Crippen LogP contribution in [0.1, 0.15) is 86.5 Å². The SMILES string of the molecule is Cc1ccc(CNC2CCCCCCCCC[C@H](B(O)O)NC(=O)[C@@H]3C[C@@H](OC(=O)N4Cc5ccccc5C4)CN3C2=O)cc1. The molecule has 0 aliphatic carbocycles. The first-order chi connectivity index (χ1) is 21.8. The maximum absolute atomic E-state index is 14.2. The van der Waals surface area contributed by atoms with E-state index in [1.165, 1.54) is 4.90 Å². The highest BCUT2D eigenvalue weighted by molar-refractivity contribution is 6.43. The fourth-order valence-corrected chi connectivity index (χ4v) is 6.69. The van der Waals surface area contributed by atoms with Crippen LogP contribution in [-0.2, 0) is 34.0 Å². The highest BCUT2D eigenvalue weighted by Crippen LogP contribution is 2.27. The summed E-state index contributed by atoms with van der Waals surface area (Å²) >= 11 is 0. The van der Waals surface area contributed by atoms with Crippen molar-refractivity contribution in [1.82, 2.24) is 20.4 Å². The number of hydrogen-bond donors (Lipinski definition) is 4. The number of ether oxygens (including phenoxy) is 1. The summed E-state index contributed by atoms with van der Waals surface area (Å²) in [6, 6.07) is 14.6. The zero-order chi connectivity index (χ0) is 31.8. The van der Waals surface area contributed by atoms with Crippen LogP contribution in [0.4, 0.5) is 4.79 Å². The molecule has 242 valence electrons. The van der Waals surface area contributed by atoms with Crippen LogP contribution in [0.15, 0.2) is 48.5 Å². The molecule has 0 spiro atoms. The van der Waals surface area contributed by atoms with Crippen LogP contribution in [0.2, 0.25) is 0 Å². The molecular formula is C34H47BN4O6. The summed E-state index contributed by atoms with van der Waals surface area (Å²) < 4.78 is 5.93. The predicted octanol–water partition coefficient (Wildman–Crippen LogP) is 3.60. The molecule has 3 amide bonds. The van der Waals surface area contributed by atoms with Gasteiger partial charge in [0, 0.05) is 26.1 Å². The van der Waals surface area contributed by atoms with Gasteiger partial charge in [0.15, 0.2) is 0 Å². The molecule has 45 heavy (non-hydrogen) atoms. The number of fused-ring (bicyclic) bond motifs is 2. The summed E-state index contributed by atoms with van der Waals surface area (Å²) in [5, 5.41) is 26.4. The molecule has 10 nitrogen and oxygen atoms in total. The van der Waals surface area contributed by atoms with E-state index in [-0.39, 0.29) is 18.9 Å². The van der Waals surface area contributed by atoms with E-state index in [9.17, 15) is 24.4 Å². The molecule has 4 atom stereocenters. The molecule has 0 radical (unpaired) electrons. The van der Waals surface area contributed by atoms with Gasteiger partial charge < -0.3 is 30.3 Å². The third-order valence-corrected chi connectivity index (χ3v) is 9.38. The third kappa shape index (κ3) is 8.86. The minimum atomic E-state index is -1.72. The normalized spacial score (nSPS) is 25.0. The van der Waals surface area contributed by atoms with Gasteiger partial charge in [-0.3, -0.25) is 14.5 Å². The average molecular weight is 619 g/mol. The van der Waals surface area contributed by atoms with Gasteiger partial charge in [0.05, 0.1) is 18.5 Å². The Labute approximate surface area is 266 Å². The van der Waals surface area contributed by atoms with Crippen LogP contribution in [0, 0.1) is 6.92 Å². The monoisotopic (exact) mass is 618 g/mol. The second kappa shape index (κ2) is 15.7. The Morgan fingerprint density at radius 3 is 2.20 bits per heavy atom. The lowest BCUT2D eigenvalue weighted by Crippen LogP contribution is -2.56. The van der Waals surface area contributed by atoms with Crippen molar-refractivity contribution < 1.29 is 29.2 Å². The first-order valence-corrected chi connectivity index (χ1v) is 16.6. The summed E-state index contributed by atoms with van der Waals surface area (Å²) in [7, 11) is -1.72. The number of nitrogens with one attached hydrogen (secondary N) is 2. The molecule has 3 heterocycles. The van der Waals surface area contributed by atoms with Crippen LogP contribution in [-0.4, -0.2) is 75.5 Å². The zero-order valence-corrected chi connectivity index (χ0v) is 26.3. The van der Waals surface area contributed by atoms with Crippen molar-refractivity contribution in [2.75, 3.05) is 6.54 Å². The van der Waals surface area contributed by atoms with Gasteiger partial charge in [-0.1, -0.05) is 99.0 Å². The third-order valence-electron chi connectivity index (χ3n) is 9.38. The average Bonchev–Trinajstić information content (AvgIpc) is 3.66. The minimum Gasteiger partial charge on any atom is -0.444 e. The van der Waals surface area contributed by atoms with Crippen molar-refractivity contribution in [1.29, 1.82) is 0 Å². The van der Waals surface area contributed by atoms with E-state index in [1.807, 2.05) is 55.5 Å². The molecule has 2 saturated heterocycles. The summed E-state index contributed by atoms with van der Waals surface area (Å²) in [6.07, 6.45) is 6.87. The summed E-state index contributed by atoms with van der Waals surface area (Å²) in [6.45, 7) is 3.55. The fraction of sp³-hybridized carbons (Fsp3) is 0.559. The van der Waals surface area contributed by atoms with Crippen LogP contribution in [0.25, 0.3) is 0 Å². The van der Waals surface area contributed by atoms with Gasteiger partial charge in [-0.05, 0) is 36.5 Å². The Balaban J connectivity index is 1.33. The quantitative estimate of drug-likeness (QED) is 0.377. The molecule has 5 rings (SSSR count). The molecular weight excluding hydrogens is 571 g/mol. The molecule has 0 aromatic heterocycles. The highest BCUT2D eigenvalue weighted by Gasteiger charge is 2.44. The minimum absolute atomic E-state index is 0.0957. The summed E-state index contributed by atoms with van der Waals surface area (Å²) in [5.74, 6) is -1.51. The lowest BCUT2D eigenvalue weighted by Gasteiger charge is -2.30. The summed E-state index contributed by atoms with van der Waals surface area (Å²) in [4.78, 5) is 44.3. The number of carbonyl (C=O) groups excluding carboxylic acids is 3. The number of amides is 3. The molecule has 0 saturated carbocycles. The van der Waals surface area contributed by atoms with Gasteiger partial charge in [0.25, 0.3) is 0 Å². The lowest BCUT2D eigenvalue weighted by atomic mass is 9.76.